The number of thioether (sulfide) groups is 1. The first-order chi connectivity index (χ1) is 12.3. The van der Waals surface area contributed by atoms with Gasteiger partial charge in [-0.05, 0) is 13.0 Å². The van der Waals surface area contributed by atoms with Crippen molar-refractivity contribution < 1.29 is 9.63 Å². The molecular formula is C20H22N2O2S. The first-order valence-electron chi connectivity index (χ1n) is 8.40. The molecule has 0 unspecified atom stereocenters. The van der Waals surface area contributed by atoms with E-state index in [4.69, 9.17) is 4.84 Å². The van der Waals surface area contributed by atoms with Crippen LogP contribution < -0.4 is 0 Å². The Balaban J connectivity index is 1.57. The molecule has 0 bridgehead atoms. The molecule has 0 amide bonds. The molecule has 1 atom stereocenters. The summed E-state index contributed by atoms with van der Waals surface area (Å²) in [6, 6.07) is 19.6. The lowest BCUT2D eigenvalue weighted by Crippen LogP contribution is -2.29. The van der Waals surface area contributed by atoms with Gasteiger partial charge in [-0.3, -0.25) is 9.69 Å². The van der Waals surface area contributed by atoms with Crippen molar-refractivity contribution in [3.05, 3.63) is 71.8 Å². The van der Waals surface area contributed by atoms with E-state index in [9.17, 15) is 4.79 Å². The predicted molar refractivity (Wildman–Crippen MR) is 103 cm³/mol. The minimum absolute atomic E-state index is 0.154. The Morgan fingerprint density at radius 3 is 2.40 bits per heavy atom. The first-order valence-corrected chi connectivity index (χ1v) is 9.28. The highest BCUT2D eigenvalue weighted by molar-refractivity contribution is 8.14. The predicted octanol–water partition coefficient (Wildman–Crippen LogP) is 3.69. The van der Waals surface area contributed by atoms with Crippen molar-refractivity contribution in [3.8, 4) is 0 Å². The molecule has 3 rings (SSSR count). The van der Waals surface area contributed by atoms with E-state index in [1.54, 1.807) is 7.11 Å². The highest BCUT2D eigenvalue weighted by Crippen LogP contribution is 2.26. The van der Waals surface area contributed by atoms with Gasteiger partial charge in [-0.25, -0.2) is 0 Å². The van der Waals surface area contributed by atoms with E-state index in [0.717, 1.165) is 42.9 Å². The molecule has 1 aliphatic heterocycles. The van der Waals surface area contributed by atoms with Crippen molar-refractivity contribution >= 4 is 22.6 Å². The van der Waals surface area contributed by atoms with Crippen LogP contribution in [0.5, 0.6) is 0 Å². The Hall–Kier alpha value is -2.11. The van der Waals surface area contributed by atoms with Gasteiger partial charge in [0.25, 0.3) is 0 Å². The highest BCUT2D eigenvalue weighted by Gasteiger charge is 2.26. The van der Waals surface area contributed by atoms with Crippen LogP contribution in [0.1, 0.15) is 22.3 Å². The summed E-state index contributed by atoms with van der Waals surface area (Å²) in [5.41, 5.74) is 2.76. The second-order valence-corrected chi connectivity index (χ2v) is 7.28. The fourth-order valence-electron chi connectivity index (χ4n) is 2.96. The molecule has 0 N–H and O–H groups in total. The number of likely N-dealkylation sites (tertiary alicyclic amines) is 1. The summed E-state index contributed by atoms with van der Waals surface area (Å²) in [5, 5.41) is 4.67. The number of hydrogen-bond donors (Lipinski definition) is 0. The van der Waals surface area contributed by atoms with Gasteiger partial charge in [-0.2, -0.15) is 0 Å². The monoisotopic (exact) mass is 354 g/mol. The molecular weight excluding hydrogens is 332 g/mol. The second-order valence-electron chi connectivity index (χ2n) is 6.00. The van der Waals surface area contributed by atoms with Crippen LogP contribution in [0.4, 0.5) is 0 Å². The van der Waals surface area contributed by atoms with E-state index < -0.39 is 0 Å². The maximum atomic E-state index is 12.4. The number of hydrogen-bond acceptors (Lipinski definition) is 5. The summed E-state index contributed by atoms with van der Waals surface area (Å²) >= 11 is 1.45. The van der Waals surface area contributed by atoms with Crippen LogP contribution in [0, 0.1) is 0 Å². The van der Waals surface area contributed by atoms with Crippen molar-refractivity contribution in [2.24, 2.45) is 5.16 Å². The average Bonchev–Trinajstić information content (AvgIpc) is 3.10. The molecule has 2 aromatic carbocycles. The molecule has 5 heteroatoms. The number of benzene rings is 2. The zero-order valence-electron chi connectivity index (χ0n) is 14.3. The largest absolute Gasteiger partial charge is 0.399 e. The molecule has 1 aliphatic rings. The SMILES string of the molecule is CON=C(CN1CC[C@H](SC(=O)c2ccccc2)C1)c1ccccc1. The molecule has 0 aliphatic carbocycles. The van der Waals surface area contributed by atoms with Gasteiger partial charge in [-0.1, -0.05) is 77.6 Å². The summed E-state index contributed by atoms with van der Waals surface area (Å²) in [6.07, 6.45) is 1.01. The Bertz CT molecular complexity index is 719. The number of rotatable bonds is 6. The van der Waals surface area contributed by atoms with Crippen LogP contribution in [0.2, 0.25) is 0 Å². The lowest BCUT2D eigenvalue weighted by molar-refractivity contribution is 0.108. The standard InChI is InChI=1S/C20H22N2O2S/c1-24-21-19(16-8-4-2-5-9-16)15-22-13-12-18(14-22)25-20(23)17-10-6-3-7-11-17/h2-11,18H,12-15H2,1H3/t18-/m0/s1. The van der Waals surface area contributed by atoms with Crippen molar-refractivity contribution in [3.63, 3.8) is 0 Å². The summed E-state index contributed by atoms with van der Waals surface area (Å²) in [7, 11) is 1.57. The Kier molecular flexibility index (Phi) is 6.25. The van der Waals surface area contributed by atoms with Crippen LogP contribution in [-0.4, -0.2) is 47.7 Å². The summed E-state index contributed by atoms with van der Waals surface area (Å²) in [4.78, 5) is 19.7. The lowest BCUT2D eigenvalue weighted by atomic mass is 10.1. The summed E-state index contributed by atoms with van der Waals surface area (Å²) < 4.78 is 0. The summed E-state index contributed by atoms with van der Waals surface area (Å²) in [5.74, 6) is 0. The zero-order chi connectivity index (χ0) is 17.5. The van der Waals surface area contributed by atoms with Gasteiger partial charge in [0.15, 0.2) is 0 Å². The van der Waals surface area contributed by atoms with Gasteiger partial charge < -0.3 is 4.84 Å². The van der Waals surface area contributed by atoms with Crippen molar-refractivity contribution in [1.82, 2.24) is 4.90 Å². The van der Waals surface area contributed by atoms with Crippen molar-refractivity contribution in [2.75, 3.05) is 26.7 Å². The minimum atomic E-state index is 0.154. The van der Waals surface area contributed by atoms with Gasteiger partial charge in [0, 0.05) is 29.5 Å². The van der Waals surface area contributed by atoms with E-state index in [0.29, 0.717) is 5.25 Å². The van der Waals surface area contributed by atoms with Crippen LogP contribution >= 0.6 is 11.8 Å². The maximum absolute atomic E-state index is 12.4. The molecule has 1 saturated heterocycles. The number of nitrogens with zero attached hydrogens (tertiary/aromatic N) is 2. The van der Waals surface area contributed by atoms with E-state index in [2.05, 4.69) is 10.1 Å². The second kappa shape index (κ2) is 8.83. The third-order valence-corrected chi connectivity index (χ3v) is 5.36. The van der Waals surface area contributed by atoms with Crippen LogP contribution in [0.25, 0.3) is 0 Å². The summed E-state index contributed by atoms with van der Waals surface area (Å²) in [6.45, 7) is 2.59. The van der Waals surface area contributed by atoms with Gasteiger partial charge in [0.1, 0.15) is 12.8 Å². The third-order valence-electron chi connectivity index (χ3n) is 4.19. The Morgan fingerprint density at radius 2 is 1.76 bits per heavy atom. The van der Waals surface area contributed by atoms with Gasteiger partial charge in [-0.15, -0.1) is 0 Å². The molecule has 25 heavy (non-hydrogen) atoms. The normalized spacial score (nSPS) is 18.3. The van der Waals surface area contributed by atoms with E-state index in [1.807, 2.05) is 60.7 Å². The van der Waals surface area contributed by atoms with Crippen LogP contribution in [0.3, 0.4) is 0 Å². The molecule has 0 spiro atoms. The van der Waals surface area contributed by atoms with Crippen LogP contribution in [0.15, 0.2) is 65.8 Å². The van der Waals surface area contributed by atoms with Gasteiger partial charge in [0.2, 0.25) is 5.12 Å². The average molecular weight is 354 g/mol. The molecule has 2 aromatic rings. The number of carbonyl (C=O) groups excluding carboxylic acids is 1. The van der Waals surface area contributed by atoms with Crippen LogP contribution in [-0.2, 0) is 4.84 Å². The smallest absolute Gasteiger partial charge is 0.219 e. The van der Waals surface area contributed by atoms with Gasteiger partial charge in [0.05, 0.1) is 0 Å². The van der Waals surface area contributed by atoms with E-state index in [1.165, 1.54) is 11.8 Å². The van der Waals surface area contributed by atoms with Crippen molar-refractivity contribution in [1.29, 1.82) is 0 Å². The van der Waals surface area contributed by atoms with E-state index in [-0.39, 0.29) is 5.12 Å². The fourth-order valence-corrected chi connectivity index (χ4v) is 4.04. The van der Waals surface area contributed by atoms with E-state index >= 15 is 0 Å². The third kappa shape index (κ3) is 4.94. The quantitative estimate of drug-likeness (QED) is 0.586. The molecule has 1 heterocycles. The molecule has 0 radical (unpaired) electrons. The molecule has 0 aromatic heterocycles. The van der Waals surface area contributed by atoms with Crippen molar-refractivity contribution in [2.45, 2.75) is 11.7 Å². The topological polar surface area (TPSA) is 41.9 Å². The first kappa shape index (κ1) is 17.7. The lowest BCUT2D eigenvalue weighted by Gasteiger charge is -2.17. The Labute approximate surface area is 152 Å². The fraction of sp³-hybridized carbons (Fsp3) is 0.300. The highest BCUT2D eigenvalue weighted by atomic mass is 32.2. The molecule has 130 valence electrons. The molecule has 0 saturated carbocycles. The maximum Gasteiger partial charge on any atom is 0.219 e. The minimum Gasteiger partial charge on any atom is -0.399 e. The molecule has 4 nitrogen and oxygen atoms in total. The number of oxime groups is 1. The Morgan fingerprint density at radius 1 is 1.12 bits per heavy atom. The number of carbonyl (C=O) groups is 1. The molecule has 1 fully saturated rings. The van der Waals surface area contributed by atoms with Gasteiger partial charge >= 0.3 is 0 Å². The zero-order valence-corrected chi connectivity index (χ0v) is 15.1.